The minimum atomic E-state index is 0.141. The van der Waals surface area contributed by atoms with Crippen LogP contribution in [0, 0.1) is 5.92 Å². The number of benzene rings is 1. The van der Waals surface area contributed by atoms with Gasteiger partial charge < -0.3 is 4.74 Å². The average Bonchev–Trinajstić information content (AvgIpc) is 2.27. The molecule has 0 aliphatic carbocycles. The lowest BCUT2D eigenvalue weighted by molar-refractivity contribution is 0.149. The van der Waals surface area contributed by atoms with E-state index in [1.54, 1.807) is 7.11 Å². The Kier molecular flexibility index (Phi) is 5.77. The summed E-state index contributed by atoms with van der Waals surface area (Å²) in [5.74, 6) is 6.02. The normalized spacial score (nSPS) is 14.8. The molecule has 0 bridgehead atoms. The molecule has 0 fully saturated rings. The average molecular weight is 243 g/mol. The van der Waals surface area contributed by atoms with Crippen LogP contribution in [0.25, 0.3) is 0 Å². The largest absolute Gasteiger partial charge is 0.384 e. The first kappa shape index (κ1) is 13.5. The molecule has 1 aromatic carbocycles. The van der Waals surface area contributed by atoms with Gasteiger partial charge in [0.25, 0.3) is 0 Å². The first-order valence-electron chi connectivity index (χ1n) is 5.38. The summed E-state index contributed by atoms with van der Waals surface area (Å²) in [6.07, 6.45) is 0.936. The maximum Gasteiger partial charge on any atom is 0.0488 e. The van der Waals surface area contributed by atoms with Crippen LogP contribution in [0.4, 0.5) is 0 Å². The predicted octanol–water partition coefficient (Wildman–Crippen LogP) is 2.52. The molecule has 1 aromatic rings. The van der Waals surface area contributed by atoms with Gasteiger partial charge in [0.2, 0.25) is 0 Å². The van der Waals surface area contributed by atoms with E-state index in [0.717, 1.165) is 23.6 Å². The summed E-state index contributed by atoms with van der Waals surface area (Å²) >= 11 is 5.84. The second-order valence-corrected chi connectivity index (χ2v) is 4.50. The zero-order valence-electron chi connectivity index (χ0n) is 9.74. The van der Waals surface area contributed by atoms with Crippen molar-refractivity contribution in [2.45, 2.75) is 19.4 Å². The number of ether oxygens (including phenoxy) is 1. The number of nitrogens with two attached hydrogens (primary N) is 1. The first-order chi connectivity index (χ1) is 7.67. The molecule has 0 saturated heterocycles. The SMILES string of the molecule is COCC(C)CC(NN)c1ccc(Cl)cc1. The number of hydrazine groups is 1. The van der Waals surface area contributed by atoms with Crippen LogP contribution in [0.3, 0.4) is 0 Å². The minimum absolute atomic E-state index is 0.141. The molecule has 0 heterocycles. The molecule has 16 heavy (non-hydrogen) atoms. The number of rotatable bonds is 6. The van der Waals surface area contributed by atoms with Crippen molar-refractivity contribution < 1.29 is 4.74 Å². The van der Waals surface area contributed by atoms with E-state index in [0.29, 0.717) is 5.92 Å². The van der Waals surface area contributed by atoms with Crippen molar-refractivity contribution in [1.82, 2.24) is 5.43 Å². The number of halogens is 1. The molecule has 3 N–H and O–H groups in total. The van der Waals surface area contributed by atoms with Crippen LogP contribution in [0.1, 0.15) is 24.9 Å². The van der Waals surface area contributed by atoms with Crippen LogP contribution in [0.5, 0.6) is 0 Å². The monoisotopic (exact) mass is 242 g/mol. The fourth-order valence-electron chi connectivity index (χ4n) is 1.75. The van der Waals surface area contributed by atoms with Crippen LogP contribution in [0.15, 0.2) is 24.3 Å². The molecular formula is C12H19ClN2O. The fourth-order valence-corrected chi connectivity index (χ4v) is 1.88. The second kappa shape index (κ2) is 6.86. The molecule has 0 aliphatic heterocycles. The van der Waals surface area contributed by atoms with E-state index < -0.39 is 0 Å². The summed E-state index contributed by atoms with van der Waals surface area (Å²) < 4.78 is 5.11. The lowest BCUT2D eigenvalue weighted by Gasteiger charge is -2.20. The van der Waals surface area contributed by atoms with E-state index in [1.807, 2.05) is 24.3 Å². The Morgan fingerprint density at radius 1 is 1.38 bits per heavy atom. The van der Waals surface area contributed by atoms with E-state index in [9.17, 15) is 0 Å². The van der Waals surface area contributed by atoms with Gasteiger partial charge in [-0.3, -0.25) is 11.3 Å². The number of hydrogen-bond donors (Lipinski definition) is 2. The Hall–Kier alpha value is -0.610. The zero-order chi connectivity index (χ0) is 12.0. The molecule has 0 radical (unpaired) electrons. The van der Waals surface area contributed by atoms with Crippen molar-refractivity contribution in [2.24, 2.45) is 11.8 Å². The summed E-state index contributed by atoms with van der Waals surface area (Å²) in [6, 6.07) is 7.88. The molecule has 2 atom stereocenters. The quantitative estimate of drug-likeness (QED) is 0.595. The van der Waals surface area contributed by atoms with Crippen molar-refractivity contribution in [2.75, 3.05) is 13.7 Å². The molecule has 3 nitrogen and oxygen atoms in total. The molecule has 0 saturated carbocycles. The maximum absolute atomic E-state index is 5.84. The summed E-state index contributed by atoms with van der Waals surface area (Å²) in [6.45, 7) is 2.88. The van der Waals surface area contributed by atoms with Crippen LogP contribution >= 0.6 is 11.6 Å². The van der Waals surface area contributed by atoms with Crippen LogP contribution < -0.4 is 11.3 Å². The third kappa shape index (κ3) is 4.10. The van der Waals surface area contributed by atoms with Crippen LogP contribution in [-0.4, -0.2) is 13.7 Å². The third-order valence-corrected chi connectivity index (χ3v) is 2.81. The number of hydrogen-bond acceptors (Lipinski definition) is 3. The highest BCUT2D eigenvalue weighted by atomic mass is 35.5. The molecule has 4 heteroatoms. The van der Waals surface area contributed by atoms with Gasteiger partial charge in [0.1, 0.15) is 0 Å². The molecule has 0 spiro atoms. The molecule has 0 amide bonds. The van der Waals surface area contributed by atoms with Gasteiger partial charge in [-0.15, -0.1) is 0 Å². The molecule has 0 aliphatic rings. The van der Waals surface area contributed by atoms with Crippen LogP contribution in [0.2, 0.25) is 5.02 Å². The van der Waals surface area contributed by atoms with Gasteiger partial charge in [0.05, 0.1) is 0 Å². The van der Waals surface area contributed by atoms with Gasteiger partial charge >= 0.3 is 0 Å². The summed E-state index contributed by atoms with van der Waals surface area (Å²) in [5, 5.41) is 0.740. The lowest BCUT2D eigenvalue weighted by atomic mass is 9.97. The van der Waals surface area contributed by atoms with Crippen molar-refractivity contribution in [3.8, 4) is 0 Å². The fraction of sp³-hybridized carbons (Fsp3) is 0.500. The van der Waals surface area contributed by atoms with Gasteiger partial charge in [-0.1, -0.05) is 30.7 Å². The summed E-state index contributed by atoms with van der Waals surface area (Å²) in [4.78, 5) is 0. The first-order valence-corrected chi connectivity index (χ1v) is 5.75. The van der Waals surface area contributed by atoms with Crippen LogP contribution in [-0.2, 0) is 4.74 Å². The maximum atomic E-state index is 5.84. The van der Waals surface area contributed by atoms with E-state index in [2.05, 4.69) is 12.3 Å². The number of methoxy groups -OCH3 is 1. The predicted molar refractivity (Wildman–Crippen MR) is 67.2 cm³/mol. The third-order valence-electron chi connectivity index (χ3n) is 2.56. The smallest absolute Gasteiger partial charge is 0.0488 e. The standard InChI is InChI=1S/C12H19ClN2O/c1-9(8-16-2)7-12(15-14)10-3-5-11(13)6-4-10/h3-6,9,12,15H,7-8,14H2,1-2H3. The summed E-state index contributed by atoms with van der Waals surface area (Å²) in [7, 11) is 1.71. The minimum Gasteiger partial charge on any atom is -0.384 e. The molecular weight excluding hydrogens is 224 g/mol. The van der Waals surface area contributed by atoms with E-state index in [-0.39, 0.29) is 6.04 Å². The van der Waals surface area contributed by atoms with E-state index in [1.165, 1.54) is 0 Å². The highest BCUT2D eigenvalue weighted by Gasteiger charge is 2.13. The molecule has 0 aromatic heterocycles. The Balaban J connectivity index is 2.63. The second-order valence-electron chi connectivity index (χ2n) is 4.07. The van der Waals surface area contributed by atoms with E-state index >= 15 is 0 Å². The molecule has 2 unspecified atom stereocenters. The van der Waals surface area contributed by atoms with Crippen molar-refractivity contribution in [3.63, 3.8) is 0 Å². The van der Waals surface area contributed by atoms with Gasteiger partial charge in [0.15, 0.2) is 0 Å². The molecule has 1 rings (SSSR count). The van der Waals surface area contributed by atoms with Gasteiger partial charge in [-0.05, 0) is 30.0 Å². The van der Waals surface area contributed by atoms with Gasteiger partial charge in [-0.2, -0.15) is 0 Å². The summed E-state index contributed by atoms with van der Waals surface area (Å²) in [5.41, 5.74) is 3.98. The Morgan fingerprint density at radius 3 is 2.50 bits per heavy atom. The van der Waals surface area contributed by atoms with Gasteiger partial charge in [-0.25, -0.2) is 0 Å². The highest BCUT2D eigenvalue weighted by molar-refractivity contribution is 6.30. The molecule has 90 valence electrons. The number of nitrogens with one attached hydrogen (secondary N) is 1. The zero-order valence-corrected chi connectivity index (χ0v) is 10.5. The Morgan fingerprint density at radius 2 is 2.00 bits per heavy atom. The Bertz CT molecular complexity index is 302. The lowest BCUT2D eigenvalue weighted by Crippen LogP contribution is -2.30. The van der Waals surface area contributed by atoms with E-state index in [4.69, 9.17) is 22.2 Å². The Labute approximate surface area is 102 Å². The highest BCUT2D eigenvalue weighted by Crippen LogP contribution is 2.22. The van der Waals surface area contributed by atoms with Crippen molar-refractivity contribution in [3.05, 3.63) is 34.9 Å². The topological polar surface area (TPSA) is 47.3 Å². The van der Waals surface area contributed by atoms with Gasteiger partial charge in [0, 0.05) is 24.8 Å². The van der Waals surface area contributed by atoms with Crippen molar-refractivity contribution >= 4 is 11.6 Å². The van der Waals surface area contributed by atoms with Crippen molar-refractivity contribution in [1.29, 1.82) is 0 Å².